The largest absolute Gasteiger partial charge is 0.395 e. The van der Waals surface area contributed by atoms with Crippen LogP contribution in [0, 0.1) is 0 Å². The van der Waals surface area contributed by atoms with E-state index < -0.39 is 6.10 Å². The molecule has 4 nitrogen and oxygen atoms in total. The summed E-state index contributed by atoms with van der Waals surface area (Å²) in [5, 5.41) is 17.2. The molecule has 0 bridgehead atoms. The Labute approximate surface area is 54.5 Å². The van der Waals surface area contributed by atoms with Gasteiger partial charge < -0.3 is 21.7 Å². The molecule has 6 N–H and O–H groups in total. The molecule has 0 aliphatic heterocycles. The Kier molecular flexibility index (Phi) is 4.61. The Bertz CT molecular complexity index is 62.0. The standard InChI is InChI=1S/C5H14N2O2/c6-2-5(9)1-4(7)3-8/h4-5,8-9H,1-3,6-7H2. The van der Waals surface area contributed by atoms with Crippen LogP contribution in [-0.4, -0.2) is 35.5 Å². The quantitative estimate of drug-likeness (QED) is 0.358. The van der Waals surface area contributed by atoms with Crippen molar-refractivity contribution in [2.24, 2.45) is 11.5 Å². The maximum absolute atomic E-state index is 8.84. The van der Waals surface area contributed by atoms with Crippen molar-refractivity contribution < 1.29 is 10.2 Å². The highest BCUT2D eigenvalue weighted by atomic mass is 16.3. The number of aliphatic hydroxyl groups is 2. The van der Waals surface area contributed by atoms with Crippen molar-refractivity contribution in [3.05, 3.63) is 0 Å². The van der Waals surface area contributed by atoms with Gasteiger partial charge in [-0.1, -0.05) is 0 Å². The second-order valence-electron chi connectivity index (χ2n) is 2.07. The molecule has 0 fully saturated rings. The van der Waals surface area contributed by atoms with Gasteiger partial charge in [0.05, 0.1) is 12.7 Å². The molecular formula is C5H14N2O2. The van der Waals surface area contributed by atoms with E-state index in [0.29, 0.717) is 6.42 Å². The van der Waals surface area contributed by atoms with Crippen LogP contribution in [0.2, 0.25) is 0 Å². The van der Waals surface area contributed by atoms with E-state index in [2.05, 4.69) is 0 Å². The third-order valence-electron chi connectivity index (χ3n) is 1.08. The van der Waals surface area contributed by atoms with Crippen LogP contribution in [0.1, 0.15) is 6.42 Å². The van der Waals surface area contributed by atoms with E-state index in [4.69, 9.17) is 21.7 Å². The van der Waals surface area contributed by atoms with Crippen molar-refractivity contribution in [1.82, 2.24) is 0 Å². The van der Waals surface area contributed by atoms with Crippen LogP contribution in [0.15, 0.2) is 0 Å². The lowest BCUT2D eigenvalue weighted by atomic mass is 10.1. The van der Waals surface area contributed by atoms with Gasteiger partial charge in [-0.05, 0) is 6.42 Å². The monoisotopic (exact) mass is 134 g/mol. The van der Waals surface area contributed by atoms with Gasteiger partial charge in [-0.2, -0.15) is 0 Å². The van der Waals surface area contributed by atoms with E-state index in [1.807, 2.05) is 0 Å². The molecule has 0 aliphatic carbocycles. The van der Waals surface area contributed by atoms with Gasteiger partial charge in [0.1, 0.15) is 0 Å². The molecule has 0 saturated carbocycles. The summed E-state index contributed by atoms with van der Waals surface area (Å²) in [5.74, 6) is 0. The Morgan fingerprint density at radius 3 is 2.33 bits per heavy atom. The highest BCUT2D eigenvalue weighted by molar-refractivity contribution is 4.65. The van der Waals surface area contributed by atoms with Gasteiger partial charge in [-0.25, -0.2) is 0 Å². The SMILES string of the molecule is NCC(O)CC(N)CO. The summed E-state index contributed by atoms with van der Waals surface area (Å²) in [5.41, 5.74) is 10.4. The molecule has 0 aromatic heterocycles. The zero-order valence-electron chi connectivity index (χ0n) is 5.33. The first-order chi connectivity index (χ1) is 4.20. The first kappa shape index (κ1) is 8.84. The van der Waals surface area contributed by atoms with Gasteiger partial charge in [0.2, 0.25) is 0 Å². The minimum atomic E-state index is -0.577. The topological polar surface area (TPSA) is 92.5 Å². The lowest BCUT2D eigenvalue weighted by molar-refractivity contribution is 0.145. The van der Waals surface area contributed by atoms with E-state index in [-0.39, 0.29) is 19.2 Å². The Morgan fingerprint density at radius 1 is 1.44 bits per heavy atom. The minimum absolute atomic E-state index is 0.100. The van der Waals surface area contributed by atoms with Crippen LogP contribution in [0.3, 0.4) is 0 Å². The Hall–Kier alpha value is -0.160. The van der Waals surface area contributed by atoms with Gasteiger partial charge in [-0.3, -0.25) is 0 Å². The smallest absolute Gasteiger partial charge is 0.0678 e. The van der Waals surface area contributed by atoms with Crippen molar-refractivity contribution in [3.8, 4) is 0 Å². The van der Waals surface area contributed by atoms with Crippen molar-refractivity contribution in [2.75, 3.05) is 13.2 Å². The molecule has 0 saturated heterocycles. The van der Waals surface area contributed by atoms with Gasteiger partial charge in [0.15, 0.2) is 0 Å². The van der Waals surface area contributed by atoms with E-state index in [0.717, 1.165) is 0 Å². The van der Waals surface area contributed by atoms with Crippen molar-refractivity contribution in [2.45, 2.75) is 18.6 Å². The lowest BCUT2D eigenvalue weighted by Crippen LogP contribution is -2.32. The molecule has 0 rings (SSSR count). The molecule has 0 aromatic carbocycles. The second kappa shape index (κ2) is 4.69. The van der Waals surface area contributed by atoms with Crippen molar-refractivity contribution in [3.63, 3.8) is 0 Å². The lowest BCUT2D eigenvalue weighted by Gasteiger charge is -2.11. The van der Waals surface area contributed by atoms with Crippen LogP contribution in [0.25, 0.3) is 0 Å². The maximum Gasteiger partial charge on any atom is 0.0678 e. The predicted molar refractivity (Wildman–Crippen MR) is 34.7 cm³/mol. The second-order valence-corrected chi connectivity index (χ2v) is 2.07. The molecule has 56 valence electrons. The minimum Gasteiger partial charge on any atom is -0.395 e. The molecule has 0 heterocycles. The van der Waals surface area contributed by atoms with Crippen LogP contribution in [-0.2, 0) is 0 Å². The predicted octanol–water partition coefficient (Wildman–Crippen LogP) is -1.98. The maximum atomic E-state index is 8.84. The van der Waals surface area contributed by atoms with Crippen LogP contribution in [0.4, 0.5) is 0 Å². The Balaban J connectivity index is 3.22. The third kappa shape index (κ3) is 4.35. The third-order valence-corrected chi connectivity index (χ3v) is 1.08. The van der Waals surface area contributed by atoms with Gasteiger partial charge in [-0.15, -0.1) is 0 Å². The fraction of sp³-hybridized carbons (Fsp3) is 1.00. The number of nitrogens with two attached hydrogens (primary N) is 2. The van der Waals surface area contributed by atoms with E-state index >= 15 is 0 Å². The average Bonchev–Trinajstić information content (AvgIpc) is 1.87. The molecule has 0 amide bonds. The number of hydrogen-bond donors (Lipinski definition) is 4. The highest BCUT2D eigenvalue weighted by Crippen LogP contribution is 1.91. The first-order valence-electron chi connectivity index (χ1n) is 2.95. The summed E-state index contributed by atoms with van der Waals surface area (Å²) >= 11 is 0. The van der Waals surface area contributed by atoms with E-state index in [1.165, 1.54) is 0 Å². The van der Waals surface area contributed by atoms with Crippen LogP contribution >= 0.6 is 0 Å². The summed E-state index contributed by atoms with van der Waals surface area (Å²) in [7, 11) is 0. The summed E-state index contributed by atoms with van der Waals surface area (Å²) in [6.45, 7) is 0.102. The Morgan fingerprint density at radius 2 is 2.00 bits per heavy atom. The number of hydrogen-bond acceptors (Lipinski definition) is 4. The van der Waals surface area contributed by atoms with Gasteiger partial charge in [0.25, 0.3) is 0 Å². The molecular weight excluding hydrogens is 120 g/mol. The molecule has 9 heavy (non-hydrogen) atoms. The van der Waals surface area contributed by atoms with Crippen molar-refractivity contribution in [1.29, 1.82) is 0 Å². The molecule has 4 heteroatoms. The van der Waals surface area contributed by atoms with Crippen LogP contribution in [0.5, 0.6) is 0 Å². The first-order valence-corrected chi connectivity index (χ1v) is 2.95. The van der Waals surface area contributed by atoms with Gasteiger partial charge in [0, 0.05) is 12.6 Å². The van der Waals surface area contributed by atoms with Crippen molar-refractivity contribution >= 4 is 0 Å². The summed E-state index contributed by atoms with van der Waals surface area (Å²) in [6.07, 6.45) is -0.209. The molecule has 0 aliphatic rings. The van der Waals surface area contributed by atoms with E-state index in [9.17, 15) is 0 Å². The molecule has 0 spiro atoms. The summed E-state index contributed by atoms with van der Waals surface area (Å²) < 4.78 is 0. The average molecular weight is 134 g/mol. The molecule has 2 unspecified atom stereocenters. The molecule has 0 radical (unpaired) electrons. The number of rotatable bonds is 4. The molecule has 0 aromatic rings. The zero-order chi connectivity index (χ0) is 7.28. The zero-order valence-corrected chi connectivity index (χ0v) is 5.33. The molecule has 2 atom stereocenters. The summed E-state index contributed by atoms with van der Waals surface area (Å²) in [6, 6.07) is -0.344. The van der Waals surface area contributed by atoms with E-state index in [1.54, 1.807) is 0 Å². The summed E-state index contributed by atoms with van der Waals surface area (Å²) in [4.78, 5) is 0. The fourth-order valence-corrected chi connectivity index (χ4v) is 0.520. The fourth-order valence-electron chi connectivity index (χ4n) is 0.520. The number of aliphatic hydroxyl groups excluding tert-OH is 2. The highest BCUT2D eigenvalue weighted by Gasteiger charge is 2.06. The normalized spacial score (nSPS) is 17.3. The van der Waals surface area contributed by atoms with Crippen LogP contribution < -0.4 is 11.5 Å². The van der Waals surface area contributed by atoms with Gasteiger partial charge >= 0.3 is 0 Å².